The number of nitrogens with zero attached hydrogens (tertiary/aromatic N) is 3. The van der Waals surface area contributed by atoms with Crippen molar-refractivity contribution in [3.63, 3.8) is 0 Å². The van der Waals surface area contributed by atoms with E-state index < -0.39 is 11.6 Å². The minimum atomic E-state index is -0.832. The Balaban J connectivity index is 1.77. The van der Waals surface area contributed by atoms with Crippen LogP contribution < -0.4 is 10.6 Å². The summed E-state index contributed by atoms with van der Waals surface area (Å²) in [5, 5.41) is 0. The molecule has 2 heterocycles. The molecule has 1 atom stereocenters. The summed E-state index contributed by atoms with van der Waals surface area (Å²) < 4.78 is 28.9. The van der Waals surface area contributed by atoms with Crippen molar-refractivity contribution in [2.24, 2.45) is 5.73 Å². The number of para-hydroxylation sites is 2. The van der Waals surface area contributed by atoms with Crippen molar-refractivity contribution in [2.75, 3.05) is 18.0 Å². The molecule has 1 aromatic heterocycles. The van der Waals surface area contributed by atoms with Gasteiger partial charge in [0, 0.05) is 19.1 Å². The maximum atomic E-state index is 13.6. The van der Waals surface area contributed by atoms with Crippen molar-refractivity contribution in [2.45, 2.75) is 25.4 Å². The molecule has 2 aromatic carbocycles. The number of anilines is 1. The Labute approximate surface area is 144 Å². The standard InChI is InChI=1S/C19H20F2N4/c20-15-8-7-13(10-16(15)21)11-25-18-6-2-1-5-17(18)23-19(25)24-9-3-4-14(22)12-24/h1-2,5-8,10,14H,3-4,9,11-12,22H2/t14-/m1/s1. The van der Waals surface area contributed by atoms with Crippen molar-refractivity contribution >= 4 is 17.0 Å². The van der Waals surface area contributed by atoms with E-state index in [1.807, 2.05) is 24.3 Å². The van der Waals surface area contributed by atoms with Gasteiger partial charge in [-0.3, -0.25) is 0 Å². The normalized spacial score (nSPS) is 18.0. The number of rotatable bonds is 3. The van der Waals surface area contributed by atoms with Gasteiger partial charge < -0.3 is 15.2 Å². The second kappa shape index (κ2) is 6.44. The molecule has 0 bridgehead atoms. The fourth-order valence-corrected chi connectivity index (χ4v) is 3.47. The van der Waals surface area contributed by atoms with Crippen LogP contribution in [0.4, 0.5) is 14.7 Å². The van der Waals surface area contributed by atoms with Gasteiger partial charge in [0.2, 0.25) is 5.95 Å². The first kappa shape index (κ1) is 16.0. The van der Waals surface area contributed by atoms with Crippen LogP contribution in [0.15, 0.2) is 42.5 Å². The van der Waals surface area contributed by atoms with Crippen molar-refractivity contribution < 1.29 is 8.78 Å². The Bertz CT molecular complexity index is 906. The summed E-state index contributed by atoms with van der Waals surface area (Å²) in [6.45, 7) is 2.08. The number of halogens is 2. The monoisotopic (exact) mass is 342 g/mol. The molecular formula is C19H20F2N4. The molecule has 0 saturated carbocycles. The molecule has 3 aromatic rings. The summed E-state index contributed by atoms with van der Waals surface area (Å²) in [6.07, 6.45) is 2.04. The van der Waals surface area contributed by atoms with Crippen LogP contribution in [0.5, 0.6) is 0 Å². The Morgan fingerprint density at radius 1 is 1.12 bits per heavy atom. The molecule has 0 amide bonds. The third kappa shape index (κ3) is 3.09. The van der Waals surface area contributed by atoms with Gasteiger partial charge in [0.1, 0.15) is 0 Å². The molecule has 0 aliphatic carbocycles. The van der Waals surface area contributed by atoms with Gasteiger partial charge in [-0.25, -0.2) is 13.8 Å². The molecule has 0 unspecified atom stereocenters. The molecule has 130 valence electrons. The maximum Gasteiger partial charge on any atom is 0.206 e. The quantitative estimate of drug-likeness (QED) is 0.794. The fourth-order valence-electron chi connectivity index (χ4n) is 3.47. The molecule has 6 heteroatoms. The van der Waals surface area contributed by atoms with Crippen LogP contribution in [0.3, 0.4) is 0 Å². The van der Waals surface area contributed by atoms with E-state index in [0.29, 0.717) is 12.1 Å². The number of benzene rings is 2. The molecule has 1 fully saturated rings. The number of fused-ring (bicyclic) bond motifs is 1. The molecule has 0 spiro atoms. The Morgan fingerprint density at radius 3 is 2.76 bits per heavy atom. The van der Waals surface area contributed by atoms with Crippen LogP contribution in [0.2, 0.25) is 0 Å². The Morgan fingerprint density at radius 2 is 1.96 bits per heavy atom. The van der Waals surface area contributed by atoms with Crippen LogP contribution in [-0.4, -0.2) is 28.7 Å². The first-order valence-corrected chi connectivity index (χ1v) is 8.51. The lowest BCUT2D eigenvalue weighted by atomic mass is 10.1. The highest BCUT2D eigenvalue weighted by Crippen LogP contribution is 2.26. The lowest BCUT2D eigenvalue weighted by Gasteiger charge is -2.32. The summed E-state index contributed by atoms with van der Waals surface area (Å²) >= 11 is 0. The summed E-state index contributed by atoms with van der Waals surface area (Å²) in [5.41, 5.74) is 8.69. The van der Waals surface area contributed by atoms with Crippen LogP contribution in [0.1, 0.15) is 18.4 Å². The van der Waals surface area contributed by atoms with Crippen LogP contribution in [-0.2, 0) is 6.54 Å². The van der Waals surface area contributed by atoms with E-state index in [0.717, 1.165) is 42.9 Å². The highest BCUT2D eigenvalue weighted by Gasteiger charge is 2.22. The second-order valence-corrected chi connectivity index (χ2v) is 6.58. The second-order valence-electron chi connectivity index (χ2n) is 6.58. The van der Waals surface area contributed by atoms with Crippen molar-refractivity contribution in [1.29, 1.82) is 0 Å². The minimum absolute atomic E-state index is 0.130. The number of piperidine rings is 1. The first-order chi connectivity index (χ1) is 12.1. The highest BCUT2D eigenvalue weighted by molar-refractivity contribution is 5.79. The largest absolute Gasteiger partial charge is 0.341 e. The lowest BCUT2D eigenvalue weighted by molar-refractivity contribution is 0.494. The molecule has 1 aliphatic heterocycles. The zero-order valence-electron chi connectivity index (χ0n) is 13.8. The summed E-state index contributed by atoms with van der Waals surface area (Å²) in [5.74, 6) is -0.828. The third-order valence-corrected chi connectivity index (χ3v) is 4.70. The topological polar surface area (TPSA) is 47.1 Å². The number of hydrogen-bond donors (Lipinski definition) is 1. The zero-order chi connectivity index (χ0) is 17.4. The van der Waals surface area contributed by atoms with Gasteiger partial charge >= 0.3 is 0 Å². The maximum absolute atomic E-state index is 13.6. The van der Waals surface area contributed by atoms with Crippen LogP contribution >= 0.6 is 0 Å². The fraction of sp³-hybridized carbons (Fsp3) is 0.316. The number of hydrogen-bond acceptors (Lipinski definition) is 3. The summed E-state index contributed by atoms with van der Waals surface area (Å²) in [6, 6.07) is 12.0. The van der Waals surface area contributed by atoms with Gasteiger partial charge in [-0.15, -0.1) is 0 Å². The molecule has 1 saturated heterocycles. The summed E-state index contributed by atoms with van der Waals surface area (Å²) in [4.78, 5) is 6.96. The number of nitrogens with two attached hydrogens (primary N) is 1. The van der Waals surface area contributed by atoms with E-state index in [1.54, 1.807) is 6.07 Å². The van der Waals surface area contributed by atoms with E-state index >= 15 is 0 Å². The van der Waals surface area contributed by atoms with E-state index in [4.69, 9.17) is 10.7 Å². The molecule has 4 rings (SSSR count). The Hall–Kier alpha value is -2.47. The van der Waals surface area contributed by atoms with E-state index in [9.17, 15) is 8.78 Å². The number of imidazole rings is 1. The van der Waals surface area contributed by atoms with Crippen molar-refractivity contribution in [3.8, 4) is 0 Å². The first-order valence-electron chi connectivity index (χ1n) is 8.51. The number of aromatic nitrogens is 2. The molecule has 2 N–H and O–H groups in total. The van der Waals surface area contributed by atoms with E-state index in [1.165, 1.54) is 12.1 Å². The molecule has 4 nitrogen and oxygen atoms in total. The average Bonchev–Trinajstić information content (AvgIpc) is 2.97. The smallest absolute Gasteiger partial charge is 0.206 e. The van der Waals surface area contributed by atoms with Crippen LogP contribution in [0.25, 0.3) is 11.0 Å². The summed E-state index contributed by atoms with van der Waals surface area (Å²) in [7, 11) is 0. The molecule has 0 radical (unpaired) electrons. The molecule has 1 aliphatic rings. The predicted molar refractivity (Wildman–Crippen MR) is 94.6 cm³/mol. The van der Waals surface area contributed by atoms with Crippen LogP contribution in [0, 0.1) is 11.6 Å². The molecular weight excluding hydrogens is 322 g/mol. The SMILES string of the molecule is N[C@@H]1CCCN(c2nc3ccccc3n2Cc2ccc(F)c(F)c2)C1. The van der Waals surface area contributed by atoms with Crippen molar-refractivity contribution in [3.05, 3.63) is 59.7 Å². The molecule has 25 heavy (non-hydrogen) atoms. The van der Waals surface area contributed by atoms with Gasteiger partial charge in [0.05, 0.1) is 17.6 Å². The zero-order valence-corrected chi connectivity index (χ0v) is 13.8. The minimum Gasteiger partial charge on any atom is -0.341 e. The van der Waals surface area contributed by atoms with Crippen molar-refractivity contribution in [1.82, 2.24) is 9.55 Å². The third-order valence-electron chi connectivity index (χ3n) is 4.70. The van der Waals surface area contributed by atoms with E-state index in [2.05, 4.69) is 9.47 Å². The lowest BCUT2D eigenvalue weighted by Crippen LogP contribution is -2.44. The van der Waals surface area contributed by atoms with Gasteiger partial charge in [-0.05, 0) is 42.7 Å². The van der Waals surface area contributed by atoms with Gasteiger partial charge in [0.25, 0.3) is 0 Å². The van der Waals surface area contributed by atoms with Gasteiger partial charge in [0.15, 0.2) is 11.6 Å². The average molecular weight is 342 g/mol. The highest BCUT2D eigenvalue weighted by atomic mass is 19.2. The Kier molecular flexibility index (Phi) is 4.13. The predicted octanol–water partition coefficient (Wildman–Crippen LogP) is 3.29. The van der Waals surface area contributed by atoms with Gasteiger partial charge in [-0.2, -0.15) is 0 Å². The van der Waals surface area contributed by atoms with E-state index in [-0.39, 0.29) is 6.04 Å². The van der Waals surface area contributed by atoms with Gasteiger partial charge in [-0.1, -0.05) is 18.2 Å².